The summed E-state index contributed by atoms with van der Waals surface area (Å²) < 4.78 is 0. The third kappa shape index (κ3) is 3.64. The first kappa shape index (κ1) is 16.0. The van der Waals surface area contributed by atoms with Crippen molar-refractivity contribution in [3.63, 3.8) is 0 Å². The quantitative estimate of drug-likeness (QED) is 0.760. The highest BCUT2D eigenvalue weighted by molar-refractivity contribution is 6.31. The third-order valence-corrected chi connectivity index (χ3v) is 4.57. The van der Waals surface area contributed by atoms with Gasteiger partial charge in [-0.05, 0) is 37.1 Å². The Morgan fingerprint density at radius 1 is 0.960 bits per heavy atom. The van der Waals surface area contributed by atoms with Crippen molar-refractivity contribution in [3.05, 3.63) is 41.7 Å². The van der Waals surface area contributed by atoms with E-state index in [1.165, 1.54) is 25.7 Å². The molecule has 0 aliphatic carbocycles. The van der Waals surface area contributed by atoms with Crippen molar-refractivity contribution < 1.29 is 0 Å². The molecule has 2 aromatic heterocycles. The maximum Gasteiger partial charge on any atom is 0.228 e. The van der Waals surface area contributed by atoms with Crippen LogP contribution in [0.3, 0.4) is 0 Å². The van der Waals surface area contributed by atoms with Crippen molar-refractivity contribution in [2.45, 2.75) is 25.7 Å². The second-order valence-electron chi connectivity index (χ2n) is 6.13. The molecule has 0 unspecified atom stereocenters. The molecule has 1 saturated heterocycles. The number of benzene rings is 1. The van der Waals surface area contributed by atoms with Gasteiger partial charge in [-0.15, -0.1) is 0 Å². The van der Waals surface area contributed by atoms with Gasteiger partial charge >= 0.3 is 0 Å². The molecular formula is C18H19ClN6. The molecule has 1 fully saturated rings. The lowest BCUT2D eigenvalue weighted by atomic mass is 10.2. The number of nitrogens with zero attached hydrogens (tertiary/aromatic N) is 5. The molecule has 4 rings (SSSR count). The molecule has 6 nitrogen and oxygen atoms in total. The zero-order chi connectivity index (χ0) is 17.1. The van der Waals surface area contributed by atoms with E-state index in [4.69, 9.17) is 21.6 Å². The smallest absolute Gasteiger partial charge is 0.228 e. The fourth-order valence-corrected chi connectivity index (χ4v) is 3.24. The van der Waals surface area contributed by atoms with Crippen molar-refractivity contribution in [2.24, 2.45) is 0 Å². The summed E-state index contributed by atoms with van der Waals surface area (Å²) in [6.07, 6.45) is 8.27. The maximum absolute atomic E-state index is 6.18. The van der Waals surface area contributed by atoms with Crippen LogP contribution < -0.4 is 10.2 Å². The van der Waals surface area contributed by atoms with Crippen LogP contribution in [0.25, 0.3) is 10.9 Å². The van der Waals surface area contributed by atoms with Gasteiger partial charge in [-0.3, -0.25) is 0 Å². The molecule has 0 saturated carbocycles. The van der Waals surface area contributed by atoms with Gasteiger partial charge in [0.25, 0.3) is 0 Å². The molecule has 1 aromatic carbocycles. The van der Waals surface area contributed by atoms with Crippen molar-refractivity contribution >= 4 is 40.2 Å². The summed E-state index contributed by atoms with van der Waals surface area (Å²) in [5, 5.41) is 4.72. The van der Waals surface area contributed by atoms with Crippen LogP contribution in [0.4, 0.5) is 17.7 Å². The van der Waals surface area contributed by atoms with Crippen molar-refractivity contribution in [3.8, 4) is 0 Å². The Balaban J connectivity index is 1.78. The van der Waals surface area contributed by atoms with Gasteiger partial charge in [0, 0.05) is 35.9 Å². The topological polar surface area (TPSA) is 66.8 Å². The van der Waals surface area contributed by atoms with Gasteiger partial charge in [-0.2, -0.15) is 4.98 Å². The van der Waals surface area contributed by atoms with Gasteiger partial charge < -0.3 is 10.2 Å². The predicted molar refractivity (Wildman–Crippen MR) is 101 cm³/mol. The van der Waals surface area contributed by atoms with E-state index >= 15 is 0 Å². The largest absolute Gasteiger partial charge is 0.341 e. The average Bonchev–Trinajstić information content (AvgIpc) is 2.92. The summed E-state index contributed by atoms with van der Waals surface area (Å²) in [7, 11) is 0. The number of fused-ring (bicyclic) bond motifs is 1. The van der Waals surface area contributed by atoms with Crippen molar-refractivity contribution in [2.75, 3.05) is 23.3 Å². The molecule has 25 heavy (non-hydrogen) atoms. The van der Waals surface area contributed by atoms with Crippen LogP contribution in [0.15, 0.2) is 36.7 Å². The maximum atomic E-state index is 6.18. The number of halogens is 1. The van der Waals surface area contributed by atoms with Gasteiger partial charge in [0.2, 0.25) is 11.9 Å². The first-order valence-electron chi connectivity index (χ1n) is 8.56. The highest BCUT2D eigenvalue weighted by atomic mass is 35.5. The lowest BCUT2D eigenvalue weighted by molar-refractivity contribution is 0.726. The fourth-order valence-electron chi connectivity index (χ4n) is 3.07. The molecule has 3 aromatic rings. The van der Waals surface area contributed by atoms with Crippen molar-refractivity contribution in [1.29, 1.82) is 0 Å². The van der Waals surface area contributed by atoms with Gasteiger partial charge in [-0.25, -0.2) is 15.0 Å². The van der Waals surface area contributed by atoms with Crippen LogP contribution >= 0.6 is 11.6 Å². The number of hydrogen-bond donors (Lipinski definition) is 1. The Bertz CT molecular complexity index is 862. The Labute approximate surface area is 151 Å². The Kier molecular flexibility index (Phi) is 4.61. The van der Waals surface area contributed by atoms with Crippen LogP contribution in [0.2, 0.25) is 5.02 Å². The van der Waals surface area contributed by atoms with E-state index in [1.54, 1.807) is 18.5 Å². The van der Waals surface area contributed by atoms with E-state index in [1.807, 2.05) is 18.2 Å². The minimum absolute atomic E-state index is 0.504. The zero-order valence-electron chi connectivity index (χ0n) is 13.8. The highest BCUT2D eigenvalue weighted by Crippen LogP contribution is 2.28. The van der Waals surface area contributed by atoms with Gasteiger partial charge in [0.05, 0.1) is 5.52 Å². The van der Waals surface area contributed by atoms with Crippen molar-refractivity contribution in [1.82, 2.24) is 19.9 Å². The molecule has 0 spiro atoms. The summed E-state index contributed by atoms with van der Waals surface area (Å²) in [6.45, 7) is 1.97. The van der Waals surface area contributed by atoms with E-state index in [9.17, 15) is 0 Å². The molecule has 128 valence electrons. The Morgan fingerprint density at radius 3 is 2.48 bits per heavy atom. The Hall–Kier alpha value is -2.47. The number of hydrogen-bond acceptors (Lipinski definition) is 6. The molecule has 0 amide bonds. The average molecular weight is 355 g/mol. The summed E-state index contributed by atoms with van der Waals surface area (Å²) in [4.78, 5) is 20.3. The molecule has 1 aliphatic heterocycles. The van der Waals surface area contributed by atoms with Crippen LogP contribution in [-0.2, 0) is 0 Å². The molecule has 0 atom stereocenters. The van der Waals surface area contributed by atoms with Crippen LogP contribution in [0.5, 0.6) is 0 Å². The molecule has 0 radical (unpaired) electrons. The minimum atomic E-state index is 0.504. The SMILES string of the molecule is Clc1ccc2nc(N3CCCCCC3)nc(Nc3ncccn3)c2c1. The lowest BCUT2D eigenvalue weighted by Gasteiger charge is -2.21. The lowest BCUT2D eigenvalue weighted by Crippen LogP contribution is -2.26. The van der Waals surface area contributed by atoms with Crippen LogP contribution in [0, 0.1) is 0 Å². The molecule has 1 aliphatic rings. The molecule has 1 N–H and O–H groups in total. The number of aromatic nitrogens is 4. The molecule has 3 heterocycles. The first-order chi connectivity index (χ1) is 12.3. The van der Waals surface area contributed by atoms with E-state index in [2.05, 4.69) is 20.2 Å². The zero-order valence-corrected chi connectivity index (χ0v) is 14.6. The standard InChI is InChI=1S/C18H19ClN6/c19-13-6-7-15-14(12-13)16(23-17-20-8-5-9-21-17)24-18(22-15)25-10-3-1-2-4-11-25/h5-9,12H,1-4,10-11H2,(H,20,21,22,23,24). The Morgan fingerprint density at radius 2 is 1.72 bits per heavy atom. The number of rotatable bonds is 3. The van der Waals surface area contributed by atoms with E-state index in [-0.39, 0.29) is 0 Å². The second kappa shape index (κ2) is 7.19. The number of nitrogens with one attached hydrogen (secondary N) is 1. The highest BCUT2D eigenvalue weighted by Gasteiger charge is 2.16. The first-order valence-corrected chi connectivity index (χ1v) is 8.94. The van der Waals surface area contributed by atoms with Gasteiger partial charge in [0.15, 0.2) is 0 Å². The van der Waals surface area contributed by atoms with Crippen LogP contribution in [0.1, 0.15) is 25.7 Å². The normalized spacial score (nSPS) is 15.2. The molecular weight excluding hydrogens is 336 g/mol. The summed E-state index contributed by atoms with van der Waals surface area (Å²) in [5.41, 5.74) is 0.858. The van der Waals surface area contributed by atoms with E-state index < -0.39 is 0 Å². The van der Waals surface area contributed by atoms with E-state index in [0.29, 0.717) is 16.8 Å². The molecule has 7 heteroatoms. The number of anilines is 3. The van der Waals surface area contributed by atoms with Gasteiger partial charge in [-0.1, -0.05) is 24.4 Å². The summed E-state index contributed by atoms with van der Waals surface area (Å²) >= 11 is 6.18. The monoisotopic (exact) mass is 354 g/mol. The summed E-state index contributed by atoms with van der Waals surface area (Å²) in [5.74, 6) is 1.93. The third-order valence-electron chi connectivity index (χ3n) is 4.33. The summed E-state index contributed by atoms with van der Waals surface area (Å²) in [6, 6.07) is 7.43. The predicted octanol–water partition coefficient (Wildman–Crippen LogP) is 4.20. The fraction of sp³-hybridized carbons (Fsp3) is 0.333. The second-order valence-corrected chi connectivity index (χ2v) is 6.57. The minimum Gasteiger partial charge on any atom is -0.341 e. The molecule has 0 bridgehead atoms. The van der Waals surface area contributed by atoms with E-state index in [0.717, 1.165) is 29.9 Å². The van der Waals surface area contributed by atoms with Gasteiger partial charge in [0.1, 0.15) is 5.82 Å². The van der Waals surface area contributed by atoms with Crippen LogP contribution in [-0.4, -0.2) is 33.0 Å².